The summed E-state index contributed by atoms with van der Waals surface area (Å²) in [5.74, 6) is 1.42. The Kier molecular flexibility index (Phi) is 4.88. The third-order valence-electron chi connectivity index (χ3n) is 1.76. The van der Waals surface area contributed by atoms with Gasteiger partial charge in [-0.1, -0.05) is 6.07 Å². The van der Waals surface area contributed by atoms with Crippen LogP contribution in [0.4, 0.5) is 0 Å². The van der Waals surface area contributed by atoms with E-state index in [1.807, 2.05) is 12.1 Å². The maximum Gasteiger partial charge on any atom is 0.120 e. The largest absolute Gasteiger partial charge is 0.494 e. The van der Waals surface area contributed by atoms with Gasteiger partial charge in [-0.3, -0.25) is 0 Å². The summed E-state index contributed by atoms with van der Waals surface area (Å²) in [5, 5.41) is 8.65. The predicted molar refractivity (Wildman–Crippen MR) is 56.6 cm³/mol. The van der Waals surface area contributed by atoms with Crippen LogP contribution in [0.5, 0.6) is 5.75 Å². The summed E-state index contributed by atoms with van der Waals surface area (Å²) in [5.41, 5.74) is 0.625. The number of unbranched alkanes of at least 4 members (excludes halogenated alkanes) is 1. The zero-order chi connectivity index (χ0) is 10.2. The van der Waals surface area contributed by atoms with Crippen LogP contribution in [-0.2, 0) is 0 Å². The molecule has 0 spiro atoms. The molecule has 0 saturated heterocycles. The first-order valence-electron chi connectivity index (χ1n) is 4.56. The number of ether oxygens (including phenoxy) is 1. The molecule has 0 atom stereocenters. The molecule has 74 valence electrons. The molecule has 0 aromatic heterocycles. The van der Waals surface area contributed by atoms with Crippen molar-refractivity contribution in [3.05, 3.63) is 29.8 Å². The van der Waals surface area contributed by atoms with Crippen LogP contribution >= 0.6 is 11.6 Å². The number of hydrogen-bond donors (Lipinski definition) is 0. The molecule has 0 aliphatic heterocycles. The van der Waals surface area contributed by atoms with Crippen molar-refractivity contribution in [1.82, 2.24) is 0 Å². The molecule has 0 saturated carbocycles. The minimum atomic E-state index is 0.625. The van der Waals surface area contributed by atoms with Crippen molar-refractivity contribution in [2.45, 2.75) is 12.8 Å². The minimum absolute atomic E-state index is 0.625. The van der Waals surface area contributed by atoms with Crippen LogP contribution in [0.3, 0.4) is 0 Å². The Morgan fingerprint density at radius 2 is 2.21 bits per heavy atom. The van der Waals surface area contributed by atoms with E-state index in [1.54, 1.807) is 12.1 Å². The lowest BCUT2D eigenvalue weighted by atomic mass is 10.2. The Labute approximate surface area is 89.1 Å². The Morgan fingerprint density at radius 3 is 2.93 bits per heavy atom. The van der Waals surface area contributed by atoms with Gasteiger partial charge in [0.25, 0.3) is 0 Å². The van der Waals surface area contributed by atoms with E-state index in [2.05, 4.69) is 6.07 Å². The van der Waals surface area contributed by atoms with Crippen LogP contribution in [0.1, 0.15) is 18.4 Å². The average Bonchev–Trinajstić information content (AvgIpc) is 2.25. The van der Waals surface area contributed by atoms with Gasteiger partial charge < -0.3 is 4.74 Å². The lowest BCUT2D eigenvalue weighted by Gasteiger charge is -2.04. The highest BCUT2D eigenvalue weighted by molar-refractivity contribution is 6.17. The normalized spacial score (nSPS) is 9.43. The molecular formula is C11H12ClNO. The Bertz CT molecular complexity index is 319. The van der Waals surface area contributed by atoms with Crippen LogP contribution in [0, 0.1) is 11.3 Å². The highest BCUT2D eigenvalue weighted by Crippen LogP contribution is 2.12. The number of alkyl halides is 1. The number of nitriles is 1. The molecule has 14 heavy (non-hydrogen) atoms. The molecular weight excluding hydrogens is 198 g/mol. The third kappa shape index (κ3) is 3.68. The first kappa shape index (κ1) is 10.9. The van der Waals surface area contributed by atoms with Gasteiger partial charge in [-0.05, 0) is 31.0 Å². The zero-order valence-corrected chi connectivity index (χ0v) is 8.63. The second-order valence-electron chi connectivity index (χ2n) is 2.88. The molecule has 2 nitrogen and oxygen atoms in total. The van der Waals surface area contributed by atoms with E-state index in [-0.39, 0.29) is 0 Å². The van der Waals surface area contributed by atoms with Crippen LogP contribution in [0.15, 0.2) is 24.3 Å². The molecule has 0 fully saturated rings. The molecule has 1 aromatic carbocycles. The molecule has 0 amide bonds. The fourth-order valence-electron chi connectivity index (χ4n) is 1.04. The predicted octanol–water partition coefficient (Wildman–Crippen LogP) is 2.96. The Hall–Kier alpha value is -1.20. The Balaban J connectivity index is 2.39. The number of hydrogen-bond acceptors (Lipinski definition) is 2. The first-order chi connectivity index (χ1) is 6.86. The van der Waals surface area contributed by atoms with E-state index in [0.717, 1.165) is 18.6 Å². The maximum absolute atomic E-state index is 8.65. The zero-order valence-electron chi connectivity index (χ0n) is 7.87. The van der Waals surface area contributed by atoms with Gasteiger partial charge in [-0.2, -0.15) is 5.26 Å². The van der Waals surface area contributed by atoms with Crippen molar-refractivity contribution >= 4 is 11.6 Å². The SMILES string of the molecule is N#Cc1cccc(OCCCCCl)c1. The van der Waals surface area contributed by atoms with E-state index in [4.69, 9.17) is 21.6 Å². The maximum atomic E-state index is 8.65. The molecule has 3 heteroatoms. The summed E-state index contributed by atoms with van der Waals surface area (Å²) in [7, 11) is 0. The van der Waals surface area contributed by atoms with Crippen molar-refractivity contribution in [1.29, 1.82) is 5.26 Å². The van der Waals surface area contributed by atoms with E-state index in [0.29, 0.717) is 18.1 Å². The highest BCUT2D eigenvalue weighted by Gasteiger charge is 1.95. The lowest BCUT2D eigenvalue weighted by molar-refractivity contribution is 0.309. The van der Waals surface area contributed by atoms with Crippen LogP contribution in [-0.4, -0.2) is 12.5 Å². The fraction of sp³-hybridized carbons (Fsp3) is 0.364. The fourth-order valence-corrected chi connectivity index (χ4v) is 1.23. The van der Waals surface area contributed by atoms with Crippen molar-refractivity contribution in [3.8, 4) is 11.8 Å². The van der Waals surface area contributed by atoms with Crippen LogP contribution in [0.25, 0.3) is 0 Å². The molecule has 0 N–H and O–H groups in total. The highest BCUT2D eigenvalue weighted by atomic mass is 35.5. The monoisotopic (exact) mass is 209 g/mol. The lowest BCUT2D eigenvalue weighted by Crippen LogP contribution is -1.97. The minimum Gasteiger partial charge on any atom is -0.494 e. The van der Waals surface area contributed by atoms with Crippen LogP contribution < -0.4 is 4.74 Å². The second kappa shape index (κ2) is 6.28. The van der Waals surface area contributed by atoms with Gasteiger partial charge in [0.1, 0.15) is 5.75 Å². The molecule has 0 aliphatic rings. The number of rotatable bonds is 5. The standard InChI is InChI=1S/C11H12ClNO/c12-6-1-2-7-14-11-5-3-4-10(8-11)9-13/h3-5,8H,1-2,6-7H2. The van der Waals surface area contributed by atoms with Gasteiger partial charge in [0.05, 0.1) is 18.2 Å². The molecule has 1 rings (SSSR count). The number of halogens is 1. The third-order valence-corrected chi connectivity index (χ3v) is 2.03. The summed E-state index contributed by atoms with van der Waals surface area (Å²) < 4.78 is 5.44. The molecule has 0 radical (unpaired) electrons. The quantitative estimate of drug-likeness (QED) is 0.552. The number of nitrogens with zero attached hydrogens (tertiary/aromatic N) is 1. The Morgan fingerprint density at radius 1 is 1.36 bits per heavy atom. The molecule has 0 unspecified atom stereocenters. The summed E-state index contributed by atoms with van der Waals surface area (Å²) in [6, 6.07) is 9.22. The second-order valence-corrected chi connectivity index (χ2v) is 3.26. The average molecular weight is 210 g/mol. The summed E-state index contributed by atoms with van der Waals surface area (Å²) in [4.78, 5) is 0. The van der Waals surface area contributed by atoms with Crippen molar-refractivity contribution in [2.24, 2.45) is 0 Å². The first-order valence-corrected chi connectivity index (χ1v) is 5.09. The van der Waals surface area contributed by atoms with Gasteiger partial charge in [0, 0.05) is 5.88 Å². The van der Waals surface area contributed by atoms with Crippen LogP contribution in [0.2, 0.25) is 0 Å². The van der Waals surface area contributed by atoms with Crippen molar-refractivity contribution in [2.75, 3.05) is 12.5 Å². The number of benzene rings is 1. The van der Waals surface area contributed by atoms with Gasteiger partial charge in [-0.15, -0.1) is 11.6 Å². The van der Waals surface area contributed by atoms with Gasteiger partial charge in [0.2, 0.25) is 0 Å². The summed E-state index contributed by atoms with van der Waals surface area (Å²) in [6.07, 6.45) is 1.90. The van der Waals surface area contributed by atoms with Crippen molar-refractivity contribution in [3.63, 3.8) is 0 Å². The van der Waals surface area contributed by atoms with E-state index >= 15 is 0 Å². The van der Waals surface area contributed by atoms with E-state index < -0.39 is 0 Å². The van der Waals surface area contributed by atoms with E-state index in [9.17, 15) is 0 Å². The van der Waals surface area contributed by atoms with Gasteiger partial charge in [0.15, 0.2) is 0 Å². The molecule has 0 bridgehead atoms. The molecule has 0 aliphatic carbocycles. The topological polar surface area (TPSA) is 33.0 Å². The van der Waals surface area contributed by atoms with E-state index in [1.165, 1.54) is 0 Å². The summed E-state index contributed by atoms with van der Waals surface area (Å²) >= 11 is 5.53. The smallest absolute Gasteiger partial charge is 0.120 e. The van der Waals surface area contributed by atoms with Gasteiger partial charge >= 0.3 is 0 Å². The molecule has 1 aromatic rings. The molecule has 0 heterocycles. The summed E-state index contributed by atoms with van der Waals surface area (Å²) in [6.45, 7) is 0.654. The van der Waals surface area contributed by atoms with Gasteiger partial charge in [-0.25, -0.2) is 0 Å². The van der Waals surface area contributed by atoms with Crippen molar-refractivity contribution < 1.29 is 4.74 Å².